The first-order valence-electron chi connectivity index (χ1n) is 9.98. The number of hydrogen-bond acceptors (Lipinski definition) is 3. The second-order valence-corrected chi connectivity index (χ2v) is 8.09. The van der Waals surface area contributed by atoms with Gasteiger partial charge in [0.1, 0.15) is 5.82 Å². The first-order valence-corrected chi connectivity index (χ1v) is 9.98. The molecule has 2 atom stereocenters. The standard InChI is InChI=1S/C21H30FN3O2/c1-16-13-17(2)15-25(14-16)21(27)8-7-20(26)24-11-9-23(10-12-24)19-5-3-18(22)4-6-19/h3-6,16-17H,7-15H2,1-2H3. The maximum Gasteiger partial charge on any atom is 0.223 e. The van der Waals surface area contributed by atoms with Gasteiger partial charge in [0.25, 0.3) is 0 Å². The lowest BCUT2D eigenvalue weighted by Gasteiger charge is -2.37. The molecule has 0 aromatic heterocycles. The van der Waals surface area contributed by atoms with Crippen LogP contribution in [0.25, 0.3) is 0 Å². The zero-order valence-corrected chi connectivity index (χ0v) is 16.4. The molecule has 0 N–H and O–H groups in total. The van der Waals surface area contributed by atoms with E-state index in [1.807, 2.05) is 9.80 Å². The number of nitrogens with zero attached hydrogens (tertiary/aromatic N) is 3. The minimum Gasteiger partial charge on any atom is -0.368 e. The number of rotatable bonds is 4. The zero-order valence-electron chi connectivity index (χ0n) is 16.4. The van der Waals surface area contributed by atoms with Gasteiger partial charge in [-0.2, -0.15) is 0 Å². The van der Waals surface area contributed by atoms with E-state index in [-0.39, 0.29) is 24.1 Å². The number of piperidine rings is 1. The second-order valence-electron chi connectivity index (χ2n) is 8.09. The SMILES string of the molecule is CC1CC(C)CN(C(=O)CCC(=O)N2CCN(c3ccc(F)cc3)CC2)C1. The molecule has 2 saturated heterocycles. The lowest BCUT2D eigenvalue weighted by molar-refractivity contribution is -0.138. The van der Waals surface area contributed by atoms with Crippen molar-refractivity contribution in [3.8, 4) is 0 Å². The summed E-state index contributed by atoms with van der Waals surface area (Å²) in [5, 5.41) is 0. The van der Waals surface area contributed by atoms with Crippen molar-refractivity contribution in [1.82, 2.24) is 9.80 Å². The molecule has 27 heavy (non-hydrogen) atoms. The third-order valence-corrected chi connectivity index (χ3v) is 5.60. The van der Waals surface area contributed by atoms with Gasteiger partial charge >= 0.3 is 0 Å². The molecule has 0 aliphatic carbocycles. The molecule has 1 aromatic rings. The highest BCUT2D eigenvalue weighted by atomic mass is 19.1. The van der Waals surface area contributed by atoms with Gasteiger partial charge in [0.15, 0.2) is 0 Å². The molecule has 2 heterocycles. The summed E-state index contributed by atoms with van der Waals surface area (Å²) in [7, 11) is 0. The molecule has 2 aliphatic rings. The summed E-state index contributed by atoms with van der Waals surface area (Å²) in [6, 6.07) is 6.46. The Hall–Kier alpha value is -2.11. The van der Waals surface area contributed by atoms with Crippen molar-refractivity contribution < 1.29 is 14.0 Å². The van der Waals surface area contributed by atoms with Crippen LogP contribution < -0.4 is 4.90 Å². The third-order valence-electron chi connectivity index (χ3n) is 5.60. The highest BCUT2D eigenvalue weighted by Crippen LogP contribution is 2.22. The Morgan fingerprint density at radius 3 is 1.96 bits per heavy atom. The molecular weight excluding hydrogens is 345 g/mol. The van der Waals surface area contributed by atoms with E-state index in [0.29, 0.717) is 31.3 Å². The average molecular weight is 375 g/mol. The summed E-state index contributed by atoms with van der Waals surface area (Å²) in [6.07, 6.45) is 1.76. The van der Waals surface area contributed by atoms with Crippen molar-refractivity contribution in [2.45, 2.75) is 33.1 Å². The molecule has 0 spiro atoms. The van der Waals surface area contributed by atoms with E-state index in [2.05, 4.69) is 18.7 Å². The molecule has 1 aromatic carbocycles. The predicted molar refractivity (Wildman–Crippen MR) is 104 cm³/mol. The topological polar surface area (TPSA) is 43.9 Å². The number of halogens is 1. The first-order chi connectivity index (χ1) is 12.9. The molecule has 2 unspecified atom stereocenters. The van der Waals surface area contributed by atoms with Gasteiger partial charge in [-0.15, -0.1) is 0 Å². The molecule has 2 fully saturated rings. The van der Waals surface area contributed by atoms with E-state index in [1.165, 1.54) is 18.6 Å². The van der Waals surface area contributed by atoms with Crippen LogP contribution in [-0.4, -0.2) is 60.9 Å². The van der Waals surface area contributed by atoms with Crippen LogP contribution in [-0.2, 0) is 9.59 Å². The second kappa shape index (κ2) is 8.72. The Bertz CT molecular complexity index is 646. The highest BCUT2D eigenvalue weighted by molar-refractivity contribution is 5.84. The van der Waals surface area contributed by atoms with Crippen LogP contribution in [0.4, 0.5) is 10.1 Å². The molecule has 5 nitrogen and oxygen atoms in total. The van der Waals surface area contributed by atoms with Crippen molar-refractivity contribution in [2.24, 2.45) is 11.8 Å². The molecular formula is C21H30FN3O2. The van der Waals surface area contributed by atoms with Gasteiger partial charge in [-0.3, -0.25) is 9.59 Å². The fourth-order valence-electron chi connectivity index (χ4n) is 4.26. The van der Waals surface area contributed by atoms with Crippen LogP contribution >= 0.6 is 0 Å². The number of anilines is 1. The molecule has 2 amide bonds. The van der Waals surface area contributed by atoms with E-state index in [0.717, 1.165) is 31.9 Å². The monoisotopic (exact) mass is 375 g/mol. The van der Waals surface area contributed by atoms with Crippen LogP contribution in [0, 0.1) is 17.7 Å². The van der Waals surface area contributed by atoms with Crippen LogP contribution in [0.2, 0.25) is 0 Å². The van der Waals surface area contributed by atoms with E-state index in [1.54, 1.807) is 12.1 Å². The summed E-state index contributed by atoms with van der Waals surface area (Å²) in [5.41, 5.74) is 0.979. The van der Waals surface area contributed by atoms with Crippen molar-refractivity contribution in [3.63, 3.8) is 0 Å². The lowest BCUT2D eigenvalue weighted by atomic mass is 9.91. The number of likely N-dealkylation sites (tertiary alicyclic amines) is 1. The van der Waals surface area contributed by atoms with E-state index in [9.17, 15) is 14.0 Å². The Kier molecular flexibility index (Phi) is 6.34. The molecule has 0 radical (unpaired) electrons. The van der Waals surface area contributed by atoms with Crippen LogP contribution in [0.5, 0.6) is 0 Å². The quantitative estimate of drug-likeness (QED) is 0.813. The van der Waals surface area contributed by atoms with Crippen LogP contribution in [0.3, 0.4) is 0 Å². The van der Waals surface area contributed by atoms with Gasteiger partial charge in [0, 0.05) is 57.8 Å². The Balaban J connectivity index is 1.43. The van der Waals surface area contributed by atoms with Crippen molar-refractivity contribution in [3.05, 3.63) is 30.1 Å². The Morgan fingerprint density at radius 2 is 1.41 bits per heavy atom. The zero-order chi connectivity index (χ0) is 19.4. The molecule has 0 bridgehead atoms. The molecule has 2 aliphatic heterocycles. The summed E-state index contributed by atoms with van der Waals surface area (Å²) >= 11 is 0. The number of amides is 2. The largest absolute Gasteiger partial charge is 0.368 e. The van der Waals surface area contributed by atoms with E-state index < -0.39 is 0 Å². The van der Waals surface area contributed by atoms with E-state index >= 15 is 0 Å². The smallest absolute Gasteiger partial charge is 0.223 e. The average Bonchev–Trinajstić information content (AvgIpc) is 2.66. The third kappa shape index (κ3) is 5.21. The maximum atomic E-state index is 13.0. The van der Waals surface area contributed by atoms with Gasteiger partial charge in [-0.1, -0.05) is 13.8 Å². The fourth-order valence-corrected chi connectivity index (χ4v) is 4.26. The van der Waals surface area contributed by atoms with Gasteiger partial charge in [-0.25, -0.2) is 4.39 Å². The first kappa shape index (κ1) is 19.6. The fraction of sp³-hybridized carbons (Fsp3) is 0.619. The summed E-state index contributed by atoms with van der Waals surface area (Å²) < 4.78 is 13.0. The van der Waals surface area contributed by atoms with Gasteiger partial charge in [0.2, 0.25) is 11.8 Å². The lowest BCUT2D eigenvalue weighted by Crippen LogP contribution is -2.49. The molecule has 6 heteroatoms. The number of carbonyl (C=O) groups is 2. The number of hydrogen-bond donors (Lipinski definition) is 0. The van der Waals surface area contributed by atoms with Gasteiger partial charge in [0.05, 0.1) is 0 Å². The van der Waals surface area contributed by atoms with E-state index in [4.69, 9.17) is 0 Å². The Morgan fingerprint density at radius 1 is 0.889 bits per heavy atom. The predicted octanol–water partition coefficient (Wildman–Crippen LogP) is 2.76. The molecule has 148 valence electrons. The normalized spacial score (nSPS) is 23.4. The minimum absolute atomic E-state index is 0.0558. The van der Waals surface area contributed by atoms with Crippen molar-refractivity contribution in [2.75, 3.05) is 44.2 Å². The van der Waals surface area contributed by atoms with Gasteiger partial charge in [-0.05, 0) is 42.5 Å². The number of benzene rings is 1. The highest BCUT2D eigenvalue weighted by Gasteiger charge is 2.27. The number of piperazine rings is 1. The summed E-state index contributed by atoms with van der Waals surface area (Å²) in [5.74, 6) is 0.988. The maximum absolute atomic E-state index is 13.0. The molecule has 3 rings (SSSR count). The van der Waals surface area contributed by atoms with Crippen molar-refractivity contribution >= 4 is 17.5 Å². The minimum atomic E-state index is -0.241. The summed E-state index contributed by atoms with van der Waals surface area (Å²) in [4.78, 5) is 30.9. The Labute approximate surface area is 161 Å². The summed E-state index contributed by atoms with van der Waals surface area (Å²) in [6.45, 7) is 8.73. The van der Waals surface area contributed by atoms with Crippen LogP contribution in [0.1, 0.15) is 33.1 Å². The molecule has 0 saturated carbocycles. The van der Waals surface area contributed by atoms with Crippen molar-refractivity contribution in [1.29, 1.82) is 0 Å². The van der Waals surface area contributed by atoms with Gasteiger partial charge < -0.3 is 14.7 Å². The number of carbonyl (C=O) groups excluding carboxylic acids is 2. The van der Waals surface area contributed by atoms with Crippen LogP contribution in [0.15, 0.2) is 24.3 Å².